The largest absolute Gasteiger partial charge is 0.321 e. The van der Waals surface area contributed by atoms with E-state index in [0.29, 0.717) is 16.2 Å². The van der Waals surface area contributed by atoms with Gasteiger partial charge < -0.3 is 5.32 Å². The third-order valence-electron chi connectivity index (χ3n) is 2.71. The lowest BCUT2D eigenvalue weighted by molar-refractivity contribution is 0.102. The van der Waals surface area contributed by atoms with Gasteiger partial charge in [-0.05, 0) is 23.6 Å². The molecule has 0 aliphatic rings. The summed E-state index contributed by atoms with van der Waals surface area (Å²) in [5, 5.41) is 7.74. The summed E-state index contributed by atoms with van der Waals surface area (Å²) in [6.45, 7) is 0. The zero-order valence-electron chi connectivity index (χ0n) is 9.76. The Hall–Kier alpha value is -1.91. The van der Waals surface area contributed by atoms with Gasteiger partial charge in [-0.25, -0.2) is 4.98 Å². The molecule has 1 amide bonds. The van der Waals surface area contributed by atoms with Crippen molar-refractivity contribution in [3.8, 4) is 0 Å². The number of rotatable bonds is 2. The number of nitrogens with zero attached hydrogens (tertiary/aromatic N) is 1. The Kier molecular flexibility index (Phi) is 3.19. The summed E-state index contributed by atoms with van der Waals surface area (Å²) in [5.74, 6) is -0.182. The lowest BCUT2D eigenvalue weighted by Crippen LogP contribution is -2.12. The highest BCUT2D eigenvalue weighted by molar-refractivity contribution is 7.08. The SMILES string of the molecule is O=C(Nc1ccsc1)c1cc(Cl)nc2ccccc12. The molecule has 2 aromatic heterocycles. The molecule has 0 saturated heterocycles. The first-order valence-electron chi connectivity index (χ1n) is 5.63. The van der Waals surface area contributed by atoms with Gasteiger partial charge in [0.1, 0.15) is 5.15 Å². The molecule has 5 heteroatoms. The average molecular weight is 289 g/mol. The van der Waals surface area contributed by atoms with Crippen molar-refractivity contribution >= 4 is 45.4 Å². The van der Waals surface area contributed by atoms with Crippen LogP contribution in [0, 0.1) is 0 Å². The molecule has 19 heavy (non-hydrogen) atoms. The molecule has 0 unspecified atom stereocenters. The van der Waals surface area contributed by atoms with Gasteiger partial charge in [-0.3, -0.25) is 4.79 Å². The Bertz CT molecular complexity index is 740. The third kappa shape index (κ3) is 2.45. The van der Waals surface area contributed by atoms with Crippen LogP contribution >= 0.6 is 22.9 Å². The second-order valence-electron chi connectivity index (χ2n) is 3.98. The number of hydrogen-bond acceptors (Lipinski definition) is 3. The molecule has 1 N–H and O–H groups in total. The molecule has 0 bridgehead atoms. The van der Waals surface area contributed by atoms with E-state index >= 15 is 0 Å². The van der Waals surface area contributed by atoms with Crippen LogP contribution < -0.4 is 5.32 Å². The standard InChI is InChI=1S/C14H9ClN2OS/c15-13-7-11(10-3-1-2-4-12(10)17-13)14(18)16-9-5-6-19-8-9/h1-8H,(H,16,18). The minimum Gasteiger partial charge on any atom is -0.321 e. The summed E-state index contributed by atoms with van der Waals surface area (Å²) >= 11 is 7.49. The van der Waals surface area contributed by atoms with Gasteiger partial charge in [0.25, 0.3) is 5.91 Å². The summed E-state index contributed by atoms with van der Waals surface area (Å²) < 4.78 is 0. The topological polar surface area (TPSA) is 42.0 Å². The Balaban J connectivity index is 2.06. The number of carbonyl (C=O) groups excluding carboxylic acids is 1. The fourth-order valence-corrected chi connectivity index (χ4v) is 2.65. The molecule has 2 heterocycles. The minimum absolute atomic E-state index is 0.182. The Morgan fingerprint density at radius 2 is 2.11 bits per heavy atom. The highest BCUT2D eigenvalue weighted by atomic mass is 35.5. The lowest BCUT2D eigenvalue weighted by Gasteiger charge is -2.07. The van der Waals surface area contributed by atoms with Crippen molar-refractivity contribution in [2.24, 2.45) is 0 Å². The normalized spacial score (nSPS) is 10.6. The van der Waals surface area contributed by atoms with Crippen LogP contribution in [0.5, 0.6) is 0 Å². The first kappa shape index (κ1) is 12.1. The molecule has 0 aliphatic carbocycles. The van der Waals surface area contributed by atoms with Crippen molar-refractivity contribution in [3.05, 3.63) is 57.9 Å². The highest BCUT2D eigenvalue weighted by Gasteiger charge is 2.12. The van der Waals surface area contributed by atoms with E-state index in [9.17, 15) is 4.79 Å². The van der Waals surface area contributed by atoms with Crippen molar-refractivity contribution in [1.82, 2.24) is 4.98 Å². The average Bonchev–Trinajstić information content (AvgIpc) is 2.90. The fourth-order valence-electron chi connectivity index (χ4n) is 1.86. The van der Waals surface area contributed by atoms with Crippen LogP contribution in [0.25, 0.3) is 10.9 Å². The fraction of sp³-hybridized carbons (Fsp3) is 0. The number of carbonyl (C=O) groups is 1. The van der Waals surface area contributed by atoms with Crippen molar-refractivity contribution in [2.45, 2.75) is 0 Å². The molecule has 3 nitrogen and oxygen atoms in total. The second kappa shape index (κ2) is 4.99. The van der Waals surface area contributed by atoms with Gasteiger partial charge in [0.15, 0.2) is 0 Å². The number of pyridine rings is 1. The van der Waals surface area contributed by atoms with Gasteiger partial charge in [-0.15, -0.1) is 0 Å². The van der Waals surface area contributed by atoms with Crippen molar-refractivity contribution in [1.29, 1.82) is 0 Å². The van der Waals surface area contributed by atoms with Crippen LogP contribution in [0.15, 0.2) is 47.2 Å². The highest BCUT2D eigenvalue weighted by Crippen LogP contribution is 2.22. The third-order valence-corrected chi connectivity index (χ3v) is 3.59. The lowest BCUT2D eigenvalue weighted by atomic mass is 10.1. The summed E-state index contributed by atoms with van der Waals surface area (Å²) in [6.07, 6.45) is 0. The summed E-state index contributed by atoms with van der Waals surface area (Å²) in [6, 6.07) is 10.9. The van der Waals surface area contributed by atoms with Crippen LogP contribution in [-0.4, -0.2) is 10.9 Å². The number of aromatic nitrogens is 1. The van der Waals surface area contributed by atoms with E-state index < -0.39 is 0 Å². The predicted octanol–water partition coefficient (Wildman–Crippen LogP) is 4.20. The van der Waals surface area contributed by atoms with Gasteiger partial charge in [-0.2, -0.15) is 11.3 Å². The number of hydrogen-bond donors (Lipinski definition) is 1. The van der Waals surface area contributed by atoms with Crippen molar-refractivity contribution < 1.29 is 4.79 Å². The van der Waals surface area contributed by atoms with E-state index in [2.05, 4.69) is 10.3 Å². The Morgan fingerprint density at radius 1 is 1.26 bits per heavy atom. The van der Waals surface area contributed by atoms with Gasteiger partial charge in [-0.1, -0.05) is 29.8 Å². The van der Waals surface area contributed by atoms with Gasteiger partial charge in [0, 0.05) is 10.8 Å². The number of nitrogens with one attached hydrogen (secondary N) is 1. The van der Waals surface area contributed by atoms with Crippen LogP contribution in [0.1, 0.15) is 10.4 Å². The van der Waals surface area contributed by atoms with E-state index in [4.69, 9.17) is 11.6 Å². The molecule has 0 atom stereocenters. The minimum atomic E-state index is -0.182. The Labute approximate surface area is 118 Å². The summed E-state index contributed by atoms with van der Waals surface area (Å²) in [4.78, 5) is 16.5. The summed E-state index contributed by atoms with van der Waals surface area (Å²) in [5.41, 5.74) is 2.03. The number of anilines is 1. The monoisotopic (exact) mass is 288 g/mol. The smallest absolute Gasteiger partial charge is 0.256 e. The zero-order valence-corrected chi connectivity index (χ0v) is 11.3. The molecule has 0 aliphatic heterocycles. The van der Waals surface area contributed by atoms with E-state index in [1.807, 2.05) is 41.1 Å². The first-order chi connectivity index (χ1) is 9.24. The molecule has 1 aromatic carbocycles. The zero-order chi connectivity index (χ0) is 13.2. The number of para-hydroxylation sites is 1. The number of halogens is 1. The Morgan fingerprint density at radius 3 is 2.89 bits per heavy atom. The first-order valence-corrected chi connectivity index (χ1v) is 6.95. The number of thiophene rings is 1. The molecule has 3 aromatic rings. The quantitative estimate of drug-likeness (QED) is 0.718. The van der Waals surface area contributed by atoms with Crippen LogP contribution in [-0.2, 0) is 0 Å². The second-order valence-corrected chi connectivity index (χ2v) is 5.14. The van der Waals surface area contributed by atoms with E-state index in [1.165, 1.54) is 11.3 Å². The van der Waals surface area contributed by atoms with Gasteiger partial charge in [0.2, 0.25) is 0 Å². The summed E-state index contributed by atoms with van der Waals surface area (Å²) in [7, 11) is 0. The number of amides is 1. The number of benzene rings is 1. The predicted molar refractivity (Wildman–Crippen MR) is 79.0 cm³/mol. The van der Waals surface area contributed by atoms with Gasteiger partial charge >= 0.3 is 0 Å². The maximum atomic E-state index is 12.3. The molecule has 0 saturated carbocycles. The van der Waals surface area contributed by atoms with E-state index in [0.717, 1.165) is 11.1 Å². The number of fused-ring (bicyclic) bond motifs is 1. The van der Waals surface area contributed by atoms with E-state index in [1.54, 1.807) is 6.07 Å². The van der Waals surface area contributed by atoms with Crippen molar-refractivity contribution in [2.75, 3.05) is 5.32 Å². The molecule has 3 rings (SSSR count). The molecular formula is C14H9ClN2OS. The van der Waals surface area contributed by atoms with Crippen LogP contribution in [0.3, 0.4) is 0 Å². The molecule has 0 fully saturated rings. The van der Waals surface area contributed by atoms with Crippen LogP contribution in [0.2, 0.25) is 5.15 Å². The molecule has 94 valence electrons. The van der Waals surface area contributed by atoms with Crippen LogP contribution in [0.4, 0.5) is 5.69 Å². The molecule has 0 radical (unpaired) electrons. The van der Waals surface area contributed by atoms with Crippen molar-refractivity contribution in [3.63, 3.8) is 0 Å². The maximum absolute atomic E-state index is 12.3. The molecular weight excluding hydrogens is 280 g/mol. The van der Waals surface area contributed by atoms with Gasteiger partial charge in [0.05, 0.1) is 16.8 Å². The molecule has 0 spiro atoms. The maximum Gasteiger partial charge on any atom is 0.256 e. The van der Waals surface area contributed by atoms with E-state index in [-0.39, 0.29) is 5.91 Å².